The molecule has 0 aliphatic heterocycles. The molecule has 0 spiro atoms. The van der Waals surface area contributed by atoms with E-state index in [1.807, 2.05) is 11.5 Å². The smallest absolute Gasteiger partial charge is 0.266 e. The highest BCUT2D eigenvalue weighted by Crippen LogP contribution is 2.33. The summed E-state index contributed by atoms with van der Waals surface area (Å²) in [7, 11) is 0. The van der Waals surface area contributed by atoms with Gasteiger partial charge in [-0.2, -0.15) is 4.98 Å². The van der Waals surface area contributed by atoms with Crippen LogP contribution < -0.4 is 11.3 Å². The summed E-state index contributed by atoms with van der Waals surface area (Å²) in [5.74, 6) is 0.955. The van der Waals surface area contributed by atoms with Gasteiger partial charge in [0.05, 0.1) is 10.2 Å². The van der Waals surface area contributed by atoms with Crippen molar-refractivity contribution in [1.82, 2.24) is 14.5 Å². The molecule has 2 aromatic rings. The Morgan fingerprint density at radius 3 is 2.62 bits per heavy atom. The first-order chi connectivity index (χ1) is 9.97. The van der Waals surface area contributed by atoms with Crippen molar-refractivity contribution in [1.29, 1.82) is 0 Å². The molecule has 112 valence electrons. The largest absolute Gasteiger partial charge is 0.368 e. The number of pyridine rings is 1. The molecular formula is C15H19BrN4O. The normalized spacial score (nSPS) is 22.6. The highest BCUT2D eigenvalue weighted by Gasteiger charge is 2.24. The average Bonchev–Trinajstić information content (AvgIpc) is 2.43. The van der Waals surface area contributed by atoms with E-state index in [0.717, 1.165) is 42.7 Å². The molecule has 0 aromatic carbocycles. The zero-order chi connectivity index (χ0) is 15.1. The van der Waals surface area contributed by atoms with Gasteiger partial charge in [0, 0.05) is 11.4 Å². The van der Waals surface area contributed by atoms with Crippen LogP contribution >= 0.6 is 15.9 Å². The maximum atomic E-state index is 12.6. The van der Waals surface area contributed by atoms with Crippen molar-refractivity contribution in [3.05, 3.63) is 26.6 Å². The minimum Gasteiger partial charge on any atom is -0.368 e. The number of fused-ring (bicyclic) bond motifs is 1. The lowest BCUT2D eigenvalue weighted by Gasteiger charge is -2.28. The van der Waals surface area contributed by atoms with E-state index in [1.54, 1.807) is 6.07 Å². The summed E-state index contributed by atoms with van der Waals surface area (Å²) < 4.78 is 2.38. The molecular weight excluding hydrogens is 332 g/mol. The monoisotopic (exact) mass is 350 g/mol. The molecule has 6 heteroatoms. The summed E-state index contributed by atoms with van der Waals surface area (Å²) in [6.07, 6.45) is 4.31. The number of aryl methyl sites for hydroxylation is 1. The zero-order valence-corrected chi connectivity index (χ0v) is 13.9. The summed E-state index contributed by atoms with van der Waals surface area (Å²) in [6, 6.07) is 2.00. The number of hydrogen-bond donors (Lipinski definition) is 1. The highest BCUT2D eigenvalue weighted by atomic mass is 79.9. The summed E-state index contributed by atoms with van der Waals surface area (Å²) in [4.78, 5) is 21.1. The van der Waals surface area contributed by atoms with E-state index < -0.39 is 0 Å². The molecule has 0 atom stereocenters. The third kappa shape index (κ3) is 2.57. The van der Waals surface area contributed by atoms with Gasteiger partial charge in [0.15, 0.2) is 0 Å². The molecule has 0 amide bonds. The quantitative estimate of drug-likeness (QED) is 0.856. The van der Waals surface area contributed by atoms with E-state index in [2.05, 4.69) is 32.8 Å². The summed E-state index contributed by atoms with van der Waals surface area (Å²) in [6.45, 7) is 4.16. The Hall–Kier alpha value is -1.43. The van der Waals surface area contributed by atoms with Crippen molar-refractivity contribution < 1.29 is 0 Å². The Balaban J connectivity index is 2.24. The average molecular weight is 351 g/mol. The maximum absolute atomic E-state index is 12.6. The van der Waals surface area contributed by atoms with Crippen molar-refractivity contribution in [3.8, 4) is 0 Å². The van der Waals surface area contributed by atoms with Gasteiger partial charge in [0.1, 0.15) is 5.65 Å². The number of nitrogen functional groups attached to an aromatic ring is 1. The molecule has 0 saturated heterocycles. The number of nitrogens with zero attached hydrogens (tertiary/aromatic N) is 3. The van der Waals surface area contributed by atoms with Crippen molar-refractivity contribution >= 4 is 32.9 Å². The van der Waals surface area contributed by atoms with E-state index in [0.29, 0.717) is 10.1 Å². The first-order valence-corrected chi connectivity index (χ1v) is 8.11. The molecule has 21 heavy (non-hydrogen) atoms. The van der Waals surface area contributed by atoms with Crippen molar-refractivity contribution in [2.45, 2.75) is 45.6 Å². The lowest BCUT2D eigenvalue weighted by molar-refractivity contribution is 0.289. The molecule has 0 bridgehead atoms. The van der Waals surface area contributed by atoms with Crippen LogP contribution in [0.3, 0.4) is 0 Å². The Labute approximate surface area is 131 Å². The Morgan fingerprint density at radius 2 is 1.95 bits per heavy atom. The molecule has 3 rings (SSSR count). The van der Waals surface area contributed by atoms with Gasteiger partial charge < -0.3 is 5.73 Å². The second kappa shape index (κ2) is 5.40. The fraction of sp³-hybridized carbons (Fsp3) is 0.533. The molecule has 1 aliphatic carbocycles. The van der Waals surface area contributed by atoms with E-state index >= 15 is 0 Å². The number of halogens is 1. The number of hydrogen-bond acceptors (Lipinski definition) is 4. The summed E-state index contributed by atoms with van der Waals surface area (Å²) >= 11 is 3.38. The van der Waals surface area contributed by atoms with E-state index in [4.69, 9.17) is 5.73 Å². The van der Waals surface area contributed by atoms with Crippen LogP contribution in [0.4, 0.5) is 5.95 Å². The standard InChI is InChI=1S/C15H19BrN4O/c1-8-3-5-10(6-4-8)20-13-11(7-12(16)14(20)21)9(2)18-15(17)19-13/h7-8,10H,3-6H2,1-2H3,(H2,17,18,19)/t8-,10-. The van der Waals surface area contributed by atoms with Gasteiger partial charge in [-0.05, 0) is 60.5 Å². The van der Waals surface area contributed by atoms with Crippen LogP contribution in [-0.2, 0) is 0 Å². The molecule has 2 heterocycles. The first kappa shape index (κ1) is 14.5. The maximum Gasteiger partial charge on any atom is 0.266 e. The van der Waals surface area contributed by atoms with Gasteiger partial charge in [0.25, 0.3) is 5.56 Å². The zero-order valence-electron chi connectivity index (χ0n) is 12.3. The van der Waals surface area contributed by atoms with Crippen molar-refractivity contribution in [3.63, 3.8) is 0 Å². The van der Waals surface area contributed by atoms with Crippen molar-refractivity contribution in [2.24, 2.45) is 5.92 Å². The lowest BCUT2D eigenvalue weighted by atomic mass is 9.87. The van der Waals surface area contributed by atoms with Gasteiger partial charge in [0.2, 0.25) is 5.95 Å². The molecule has 0 unspecified atom stereocenters. The predicted octanol–water partition coefficient (Wildman–Crippen LogP) is 3.20. The van der Waals surface area contributed by atoms with E-state index in [1.165, 1.54) is 0 Å². The molecule has 2 N–H and O–H groups in total. The van der Waals surface area contributed by atoms with Gasteiger partial charge in [-0.3, -0.25) is 9.36 Å². The summed E-state index contributed by atoms with van der Waals surface area (Å²) in [5, 5.41) is 0.884. The van der Waals surface area contributed by atoms with E-state index in [-0.39, 0.29) is 17.5 Å². The number of nitrogens with two attached hydrogens (primary N) is 1. The van der Waals surface area contributed by atoms with Gasteiger partial charge in [-0.25, -0.2) is 4.98 Å². The first-order valence-electron chi connectivity index (χ1n) is 7.32. The van der Waals surface area contributed by atoms with Crippen LogP contribution in [0.5, 0.6) is 0 Å². The second-order valence-corrected chi connectivity index (χ2v) is 6.84. The number of aromatic nitrogens is 3. The minimum atomic E-state index is -0.0282. The Bertz CT molecular complexity index is 747. The molecule has 1 fully saturated rings. The Morgan fingerprint density at radius 1 is 1.29 bits per heavy atom. The van der Waals surface area contributed by atoms with Crippen LogP contribution in [0.15, 0.2) is 15.3 Å². The van der Waals surface area contributed by atoms with Gasteiger partial charge >= 0.3 is 0 Å². The summed E-state index contributed by atoms with van der Waals surface area (Å²) in [5.41, 5.74) is 7.22. The number of anilines is 1. The van der Waals surface area contributed by atoms with E-state index in [9.17, 15) is 4.79 Å². The van der Waals surface area contributed by atoms with Crippen LogP contribution in [0.25, 0.3) is 11.0 Å². The van der Waals surface area contributed by atoms with Gasteiger partial charge in [-0.15, -0.1) is 0 Å². The van der Waals surface area contributed by atoms with Crippen LogP contribution in [0, 0.1) is 12.8 Å². The molecule has 0 radical (unpaired) electrons. The Kier molecular flexibility index (Phi) is 3.73. The van der Waals surface area contributed by atoms with Crippen molar-refractivity contribution in [2.75, 3.05) is 5.73 Å². The fourth-order valence-electron chi connectivity index (χ4n) is 3.18. The van der Waals surface area contributed by atoms with Crippen LogP contribution in [0.1, 0.15) is 44.3 Å². The fourth-order valence-corrected chi connectivity index (χ4v) is 3.60. The molecule has 1 saturated carbocycles. The molecule has 2 aromatic heterocycles. The minimum absolute atomic E-state index is 0.0282. The third-order valence-corrected chi connectivity index (χ3v) is 4.97. The third-order valence-electron chi connectivity index (χ3n) is 4.41. The van der Waals surface area contributed by atoms with Gasteiger partial charge in [-0.1, -0.05) is 6.92 Å². The lowest BCUT2D eigenvalue weighted by Crippen LogP contribution is -2.29. The second-order valence-electron chi connectivity index (χ2n) is 5.99. The number of rotatable bonds is 1. The topological polar surface area (TPSA) is 73.8 Å². The van der Waals surface area contributed by atoms with Crippen LogP contribution in [-0.4, -0.2) is 14.5 Å². The highest BCUT2D eigenvalue weighted by molar-refractivity contribution is 9.10. The predicted molar refractivity (Wildman–Crippen MR) is 87.3 cm³/mol. The molecule has 5 nitrogen and oxygen atoms in total. The molecule has 1 aliphatic rings. The van der Waals surface area contributed by atoms with Crippen LogP contribution in [0.2, 0.25) is 0 Å². The SMILES string of the molecule is Cc1nc(N)nc2c1cc(Br)c(=O)n2[C@H]1CC[C@H](C)CC1.